The Morgan fingerprint density at radius 2 is 2.10 bits per heavy atom. The predicted molar refractivity (Wildman–Crippen MR) is 74.6 cm³/mol. The van der Waals surface area contributed by atoms with Gasteiger partial charge in [-0.1, -0.05) is 6.07 Å². The molecular formula is C15H16N2O3. The van der Waals surface area contributed by atoms with Gasteiger partial charge in [-0.2, -0.15) is 0 Å². The second-order valence-corrected chi connectivity index (χ2v) is 5.44. The summed E-state index contributed by atoms with van der Waals surface area (Å²) in [4.78, 5) is 26.3. The standard InChI is InChI=1S/C15H16N2O3/c18-13(19)9-15(5-1-6-15)17-14(20)11-3-2-10-4-7-16-12(10)8-11/h2-4,7-8,16H,1,5-6,9H2,(H,17,20)(H,18,19). The van der Waals surface area contributed by atoms with Crippen molar-refractivity contribution in [1.29, 1.82) is 0 Å². The molecule has 0 spiro atoms. The molecule has 2 aromatic rings. The van der Waals surface area contributed by atoms with Crippen LogP contribution in [0.3, 0.4) is 0 Å². The molecule has 1 aliphatic rings. The third-order valence-corrected chi connectivity index (χ3v) is 4.00. The fourth-order valence-corrected chi connectivity index (χ4v) is 2.74. The predicted octanol–water partition coefficient (Wildman–Crippen LogP) is 2.30. The minimum atomic E-state index is -0.871. The number of nitrogens with one attached hydrogen (secondary N) is 2. The van der Waals surface area contributed by atoms with E-state index >= 15 is 0 Å². The first-order valence-corrected chi connectivity index (χ1v) is 6.69. The number of carbonyl (C=O) groups is 2. The van der Waals surface area contributed by atoms with E-state index in [1.54, 1.807) is 12.1 Å². The molecule has 1 saturated carbocycles. The summed E-state index contributed by atoms with van der Waals surface area (Å²) in [5.74, 6) is -1.08. The van der Waals surface area contributed by atoms with E-state index in [-0.39, 0.29) is 12.3 Å². The van der Waals surface area contributed by atoms with E-state index in [0.29, 0.717) is 5.56 Å². The van der Waals surface area contributed by atoms with Gasteiger partial charge in [0.25, 0.3) is 5.91 Å². The summed E-state index contributed by atoms with van der Waals surface area (Å²) in [6, 6.07) is 7.37. The highest BCUT2D eigenvalue weighted by atomic mass is 16.4. The largest absolute Gasteiger partial charge is 0.481 e. The second-order valence-electron chi connectivity index (χ2n) is 5.44. The van der Waals surface area contributed by atoms with E-state index < -0.39 is 11.5 Å². The van der Waals surface area contributed by atoms with Gasteiger partial charge in [-0.25, -0.2) is 0 Å². The Morgan fingerprint density at radius 1 is 1.30 bits per heavy atom. The number of hydrogen-bond acceptors (Lipinski definition) is 2. The summed E-state index contributed by atoms with van der Waals surface area (Å²) in [6.07, 6.45) is 4.24. The number of fused-ring (bicyclic) bond motifs is 1. The molecule has 0 atom stereocenters. The number of carboxylic acids is 1. The lowest BCUT2D eigenvalue weighted by atomic mass is 9.74. The van der Waals surface area contributed by atoms with E-state index in [1.807, 2.05) is 18.3 Å². The minimum Gasteiger partial charge on any atom is -0.481 e. The van der Waals surface area contributed by atoms with Crippen LogP contribution in [0.5, 0.6) is 0 Å². The lowest BCUT2D eigenvalue weighted by molar-refractivity contribution is -0.139. The number of H-pyrrole nitrogens is 1. The molecule has 1 aromatic heterocycles. The lowest BCUT2D eigenvalue weighted by Gasteiger charge is -2.41. The van der Waals surface area contributed by atoms with Crippen LogP contribution in [0.4, 0.5) is 0 Å². The number of aromatic amines is 1. The Kier molecular flexibility index (Phi) is 2.97. The summed E-state index contributed by atoms with van der Waals surface area (Å²) in [7, 11) is 0. The van der Waals surface area contributed by atoms with Gasteiger partial charge in [0, 0.05) is 17.3 Å². The molecule has 5 heteroatoms. The van der Waals surface area contributed by atoms with Gasteiger partial charge in [0.1, 0.15) is 0 Å². The van der Waals surface area contributed by atoms with E-state index in [4.69, 9.17) is 5.11 Å². The average Bonchev–Trinajstić information content (AvgIpc) is 2.82. The number of carbonyl (C=O) groups excluding carboxylic acids is 1. The zero-order valence-electron chi connectivity index (χ0n) is 11.0. The van der Waals surface area contributed by atoms with Crippen molar-refractivity contribution in [3.05, 3.63) is 36.0 Å². The average molecular weight is 272 g/mol. The smallest absolute Gasteiger partial charge is 0.305 e. The van der Waals surface area contributed by atoms with Gasteiger partial charge >= 0.3 is 5.97 Å². The topological polar surface area (TPSA) is 82.2 Å². The molecule has 1 heterocycles. The van der Waals surface area contributed by atoms with Gasteiger partial charge in [-0.15, -0.1) is 0 Å². The number of amides is 1. The molecule has 0 aliphatic heterocycles. The van der Waals surface area contributed by atoms with Crippen LogP contribution >= 0.6 is 0 Å². The van der Waals surface area contributed by atoms with E-state index in [0.717, 1.165) is 30.2 Å². The molecule has 1 aliphatic carbocycles. The van der Waals surface area contributed by atoms with Crippen molar-refractivity contribution >= 4 is 22.8 Å². The lowest BCUT2D eigenvalue weighted by Crippen LogP contribution is -2.54. The highest BCUT2D eigenvalue weighted by Crippen LogP contribution is 2.35. The van der Waals surface area contributed by atoms with Gasteiger partial charge in [-0.3, -0.25) is 9.59 Å². The molecule has 0 unspecified atom stereocenters. The van der Waals surface area contributed by atoms with E-state index in [1.165, 1.54) is 0 Å². The van der Waals surface area contributed by atoms with Gasteiger partial charge in [0.15, 0.2) is 0 Å². The number of benzene rings is 1. The Hall–Kier alpha value is -2.30. The van der Waals surface area contributed by atoms with Crippen molar-refractivity contribution in [3.8, 4) is 0 Å². The van der Waals surface area contributed by atoms with Crippen molar-refractivity contribution in [3.63, 3.8) is 0 Å². The molecule has 1 aromatic carbocycles. The van der Waals surface area contributed by atoms with Crippen LogP contribution in [0.1, 0.15) is 36.0 Å². The summed E-state index contributed by atoms with van der Waals surface area (Å²) in [5, 5.41) is 12.9. The molecule has 104 valence electrons. The van der Waals surface area contributed by atoms with Crippen LogP contribution in [0.2, 0.25) is 0 Å². The van der Waals surface area contributed by atoms with Crippen molar-refractivity contribution in [2.75, 3.05) is 0 Å². The first kappa shape index (κ1) is 12.7. The fourth-order valence-electron chi connectivity index (χ4n) is 2.74. The molecule has 3 rings (SSSR count). The maximum atomic E-state index is 12.3. The molecule has 20 heavy (non-hydrogen) atoms. The van der Waals surface area contributed by atoms with Crippen LogP contribution in [0.25, 0.3) is 10.9 Å². The van der Waals surface area contributed by atoms with Crippen LogP contribution < -0.4 is 5.32 Å². The van der Waals surface area contributed by atoms with Crippen LogP contribution in [0, 0.1) is 0 Å². The zero-order valence-corrected chi connectivity index (χ0v) is 11.0. The quantitative estimate of drug-likeness (QED) is 0.798. The third-order valence-electron chi connectivity index (χ3n) is 4.00. The van der Waals surface area contributed by atoms with Crippen LogP contribution in [-0.2, 0) is 4.79 Å². The van der Waals surface area contributed by atoms with E-state index in [9.17, 15) is 9.59 Å². The Balaban J connectivity index is 1.79. The van der Waals surface area contributed by atoms with Gasteiger partial charge in [-0.05, 0) is 42.8 Å². The van der Waals surface area contributed by atoms with Gasteiger partial charge < -0.3 is 15.4 Å². The number of carboxylic acid groups (broad SMARTS) is 1. The summed E-state index contributed by atoms with van der Waals surface area (Å²) in [6.45, 7) is 0. The maximum absolute atomic E-state index is 12.3. The van der Waals surface area contributed by atoms with Crippen LogP contribution in [-0.4, -0.2) is 27.5 Å². The first-order valence-electron chi connectivity index (χ1n) is 6.69. The molecule has 1 fully saturated rings. The van der Waals surface area contributed by atoms with Crippen molar-refractivity contribution in [2.24, 2.45) is 0 Å². The second kappa shape index (κ2) is 4.67. The molecule has 1 amide bonds. The molecule has 3 N–H and O–H groups in total. The third kappa shape index (κ3) is 2.27. The Labute approximate surface area is 116 Å². The van der Waals surface area contributed by atoms with E-state index in [2.05, 4.69) is 10.3 Å². The SMILES string of the molecule is O=C(O)CC1(NC(=O)c2ccc3cc[nH]c3c2)CCC1. The number of rotatable bonds is 4. The number of aliphatic carboxylic acids is 1. The highest BCUT2D eigenvalue weighted by Gasteiger charge is 2.40. The molecule has 5 nitrogen and oxygen atoms in total. The summed E-state index contributed by atoms with van der Waals surface area (Å²) >= 11 is 0. The molecule has 0 radical (unpaired) electrons. The monoisotopic (exact) mass is 272 g/mol. The number of hydrogen-bond donors (Lipinski definition) is 3. The summed E-state index contributed by atoms with van der Waals surface area (Å²) < 4.78 is 0. The Morgan fingerprint density at radius 3 is 2.75 bits per heavy atom. The highest BCUT2D eigenvalue weighted by molar-refractivity contribution is 5.98. The summed E-state index contributed by atoms with van der Waals surface area (Å²) in [5.41, 5.74) is 0.892. The van der Waals surface area contributed by atoms with Crippen LogP contribution in [0.15, 0.2) is 30.5 Å². The molecular weight excluding hydrogens is 256 g/mol. The van der Waals surface area contributed by atoms with Crippen molar-refractivity contribution in [2.45, 2.75) is 31.2 Å². The maximum Gasteiger partial charge on any atom is 0.305 e. The normalized spacial score (nSPS) is 16.6. The fraction of sp³-hybridized carbons (Fsp3) is 0.333. The Bertz CT molecular complexity index is 671. The minimum absolute atomic E-state index is 0.0104. The number of aromatic nitrogens is 1. The van der Waals surface area contributed by atoms with Gasteiger partial charge in [0.05, 0.1) is 12.0 Å². The van der Waals surface area contributed by atoms with Gasteiger partial charge in [0.2, 0.25) is 0 Å². The van der Waals surface area contributed by atoms with Crippen molar-refractivity contribution in [1.82, 2.24) is 10.3 Å². The zero-order chi connectivity index (χ0) is 14.2. The molecule has 0 bridgehead atoms. The first-order chi connectivity index (χ1) is 9.58. The molecule has 0 saturated heterocycles. The van der Waals surface area contributed by atoms with Crippen molar-refractivity contribution < 1.29 is 14.7 Å².